The van der Waals surface area contributed by atoms with Crippen LogP contribution >= 0.6 is 11.3 Å². The molecule has 1 atom stereocenters. The van der Waals surface area contributed by atoms with Gasteiger partial charge >= 0.3 is 6.09 Å². The first-order chi connectivity index (χ1) is 12.2. The fraction of sp³-hybridized carbons (Fsp3) is 0.444. The zero-order chi connectivity index (χ0) is 17.6. The van der Waals surface area contributed by atoms with Crippen molar-refractivity contribution in [3.63, 3.8) is 0 Å². The van der Waals surface area contributed by atoms with Crippen LogP contribution in [0.15, 0.2) is 41.4 Å². The Bertz CT molecular complexity index is 642. The van der Waals surface area contributed by atoms with Crippen LogP contribution in [-0.2, 0) is 9.53 Å². The summed E-state index contributed by atoms with van der Waals surface area (Å²) in [5.41, 5.74) is 1.15. The van der Waals surface area contributed by atoms with Gasteiger partial charge in [-0.2, -0.15) is 11.3 Å². The van der Waals surface area contributed by atoms with Gasteiger partial charge in [-0.05, 0) is 41.4 Å². The van der Waals surface area contributed by atoms with Gasteiger partial charge in [0.15, 0.2) is 0 Å². The van der Waals surface area contributed by atoms with Gasteiger partial charge in [0.2, 0.25) is 5.91 Å². The van der Waals surface area contributed by atoms with Crippen LogP contribution in [-0.4, -0.2) is 59.2 Å². The number of carbonyl (C=O) groups excluding carboxylic acids is 2. The smallest absolute Gasteiger partial charge is 0.409 e. The molecule has 1 saturated heterocycles. The Kier molecular flexibility index (Phi) is 5.75. The van der Waals surface area contributed by atoms with Gasteiger partial charge < -0.3 is 19.1 Å². The zero-order valence-corrected chi connectivity index (χ0v) is 15.2. The minimum Gasteiger partial charge on any atom is -0.450 e. The average molecular weight is 361 g/mol. The highest BCUT2D eigenvalue weighted by atomic mass is 32.1. The monoisotopic (exact) mass is 361 g/mol. The van der Waals surface area contributed by atoms with Crippen molar-refractivity contribution < 1.29 is 14.3 Å². The van der Waals surface area contributed by atoms with E-state index in [2.05, 4.69) is 16.0 Å². The third-order valence-electron chi connectivity index (χ3n) is 4.44. The predicted octanol–water partition coefficient (Wildman–Crippen LogP) is 2.83. The van der Waals surface area contributed by atoms with E-state index >= 15 is 0 Å². The van der Waals surface area contributed by atoms with Crippen molar-refractivity contribution in [1.82, 2.24) is 14.4 Å². The van der Waals surface area contributed by atoms with Crippen LogP contribution in [0, 0.1) is 0 Å². The van der Waals surface area contributed by atoms with Gasteiger partial charge in [-0.1, -0.05) is 0 Å². The molecule has 1 aliphatic rings. The summed E-state index contributed by atoms with van der Waals surface area (Å²) in [6.45, 7) is 4.33. The van der Waals surface area contributed by atoms with Crippen molar-refractivity contribution in [3.8, 4) is 0 Å². The van der Waals surface area contributed by atoms with Gasteiger partial charge in [0.25, 0.3) is 0 Å². The normalized spacial score (nSPS) is 15.9. The summed E-state index contributed by atoms with van der Waals surface area (Å²) in [5.74, 6) is 0.119. The molecule has 0 N–H and O–H groups in total. The summed E-state index contributed by atoms with van der Waals surface area (Å²) in [6.07, 6.45) is 4.12. The van der Waals surface area contributed by atoms with Gasteiger partial charge in [-0.15, -0.1) is 0 Å². The van der Waals surface area contributed by atoms with E-state index in [-0.39, 0.29) is 18.0 Å². The minimum atomic E-state index is -0.293. The molecule has 2 aromatic heterocycles. The Balaban J connectivity index is 1.60. The van der Waals surface area contributed by atoms with Crippen LogP contribution in [0.25, 0.3) is 0 Å². The molecule has 0 bridgehead atoms. The van der Waals surface area contributed by atoms with Gasteiger partial charge in [0.1, 0.15) is 0 Å². The molecule has 3 rings (SSSR count). The van der Waals surface area contributed by atoms with Crippen LogP contribution in [0.3, 0.4) is 0 Å². The molecule has 0 radical (unpaired) electrons. The standard InChI is InChI=1S/C18H23N3O3S/c1-2-24-18(23)21-10-8-20(9-11-21)17(22)13-16(15-5-12-25-14-15)19-6-3-4-7-19/h3-7,12,14,16H,2,8-11,13H2,1H3. The lowest BCUT2D eigenvalue weighted by molar-refractivity contribution is -0.133. The van der Waals surface area contributed by atoms with Crippen LogP contribution in [0.4, 0.5) is 4.79 Å². The fourth-order valence-corrected chi connectivity index (χ4v) is 3.77. The Morgan fingerprint density at radius 2 is 1.84 bits per heavy atom. The second-order valence-corrected chi connectivity index (χ2v) is 6.75. The molecular weight excluding hydrogens is 338 g/mol. The molecule has 1 fully saturated rings. The minimum absolute atomic E-state index is 0.0110. The molecule has 0 saturated carbocycles. The summed E-state index contributed by atoms with van der Waals surface area (Å²) in [7, 11) is 0. The number of nitrogens with zero attached hydrogens (tertiary/aromatic N) is 3. The molecule has 0 aromatic carbocycles. The van der Waals surface area contributed by atoms with Crippen LogP contribution in [0.1, 0.15) is 24.9 Å². The molecule has 25 heavy (non-hydrogen) atoms. The van der Waals surface area contributed by atoms with Gasteiger partial charge in [-0.3, -0.25) is 4.79 Å². The first kappa shape index (κ1) is 17.5. The summed E-state index contributed by atoms with van der Waals surface area (Å²) < 4.78 is 7.10. The molecule has 2 amide bonds. The topological polar surface area (TPSA) is 54.8 Å². The lowest BCUT2D eigenvalue weighted by Gasteiger charge is -2.34. The number of hydrogen-bond acceptors (Lipinski definition) is 4. The van der Waals surface area contributed by atoms with E-state index in [1.54, 1.807) is 23.2 Å². The number of amides is 2. The molecule has 3 heterocycles. The average Bonchev–Trinajstić information content (AvgIpc) is 3.33. The number of hydrogen-bond donors (Lipinski definition) is 0. The first-order valence-corrected chi connectivity index (χ1v) is 9.47. The Morgan fingerprint density at radius 1 is 1.16 bits per heavy atom. The molecule has 7 heteroatoms. The second-order valence-electron chi connectivity index (χ2n) is 5.97. The maximum Gasteiger partial charge on any atom is 0.409 e. The zero-order valence-electron chi connectivity index (χ0n) is 14.3. The second kappa shape index (κ2) is 8.20. The van der Waals surface area contributed by atoms with E-state index in [0.29, 0.717) is 39.2 Å². The maximum absolute atomic E-state index is 12.8. The van der Waals surface area contributed by atoms with E-state index in [0.717, 1.165) is 5.56 Å². The summed E-state index contributed by atoms with van der Waals surface area (Å²) in [6, 6.07) is 6.03. The van der Waals surface area contributed by atoms with Crippen molar-refractivity contribution in [1.29, 1.82) is 0 Å². The first-order valence-electron chi connectivity index (χ1n) is 8.53. The van der Waals surface area contributed by atoms with Crippen molar-refractivity contribution in [2.24, 2.45) is 0 Å². The van der Waals surface area contributed by atoms with E-state index in [1.807, 2.05) is 34.8 Å². The molecule has 0 aliphatic carbocycles. The summed E-state index contributed by atoms with van der Waals surface area (Å²) in [4.78, 5) is 28.1. The van der Waals surface area contributed by atoms with E-state index in [9.17, 15) is 9.59 Å². The van der Waals surface area contributed by atoms with Crippen LogP contribution in [0.2, 0.25) is 0 Å². The van der Waals surface area contributed by atoms with Crippen LogP contribution in [0.5, 0.6) is 0 Å². The van der Waals surface area contributed by atoms with Crippen molar-refractivity contribution in [2.45, 2.75) is 19.4 Å². The summed E-state index contributed by atoms with van der Waals surface area (Å²) >= 11 is 1.64. The third-order valence-corrected chi connectivity index (χ3v) is 5.14. The molecule has 0 spiro atoms. The highest BCUT2D eigenvalue weighted by Gasteiger charge is 2.27. The molecule has 1 unspecified atom stereocenters. The van der Waals surface area contributed by atoms with Gasteiger partial charge in [-0.25, -0.2) is 4.79 Å². The highest BCUT2D eigenvalue weighted by Crippen LogP contribution is 2.25. The van der Waals surface area contributed by atoms with Gasteiger partial charge in [0.05, 0.1) is 19.1 Å². The largest absolute Gasteiger partial charge is 0.450 e. The van der Waals surface area contributed by atoms with E-state index in [4.69, 9.17) is 4.74 Å². The number of piperazine rings is 1. The molecule has 2 aromatic rings. The maximum atomic E-state index is 12.8. The molecular formula is C18H23N3O3S. The predicted molar refractivity (Wildman–Crippen MR) is 96.7 cm³/mol. The Morgan fingerprint density at radius 3 is 2.44 bits per heavy atom. The number of thiophene rings is 1. The van der Waals surface area contributed by atoms with E-state index < -0.39 is 0 Å². The van der Waals surface area contributed by atoms with E-state index in [1.165, 1.54) is 0 Å². The lowest BCUT2D eigenvalue weighted by Crippen LogP contribution is -2.51. The van der Waals surface area contributed by atoms with Crippen molar-refractivity contribution in [3.05, 3.63) is 46.9 Å². The Hall–Kier alpha value is -2.28. The van der Waals surface area contributed by atoms with Gasteiger partial charge in [0, 0.05) is 38.6 Å². The molecule has 6 nitrogen and oxygen atoms in total. The third kappa shape index (κ3) is 4.22. The van der Waals surface area contributed by atoms with Crippen LogP contribution < -0.4 is 0 Å². The Labute approximate surface area is 151 Å². The highest BCUT2D eigenvalue weighted by molar-refractivity contribution is 7.08. The fourth-order valence-electron chi connectivity index (χ4n) is 3.06. The number of aromatic nitrogens is 1. The van der Waals surface area contributed by atoms with Crippen molar-refractivity contribution >= 4 is 23.3 Å². The quantitative estimate of drug-likeness (QED) is 0.823. The summed E-state index contributed by atoms with van der Waals surface area (Å²) in [5, 5.41) is 4.13. The SMILES string of the molecule is CCOC(=O)N1CCN(C(=O)CC(c2ccsc2)n2cccc2)CC1. The van der Waals surface area contributed by atoms with Crippen molar-refractivity contribution in [2.75, 3.05) is 32.8 Å². The molecule has 1 aliphatic heterocycles. The lowest BCUT2D eigenvalue weighted by atomic mass is 10.1. The number of carbonyl (C=O) groups is 2. The number of ether oxygens (including phenoxy) is 1. The molecule has 134 valence electrons. The number of rotatable bonds is 5.